The van der Waals surface area contributed by atoms with Gasteiger partial charge in [0.2, 0.25) is 11.8 Å². The fraction of sp³-hybridized carbons (Fsp3) is 0.429. The van der Waals surface area contributed by atoms with E-state index >= 15 is 0 Å². The van der Waals surface area contributed by atoms with Gasteiger partial charge in [0.1, 0.15) is 0 Å². The Morgan fingerprint density at radius 3 is 2.75 bits per heavy atom. The van der Waals surface area contributed by atoms with Crippen LogP contribution in [0.15, 0.2) is 33.2 Å². The normalized spacial score (nSPS) is 16.4. The molecule has 0 spiro atoms. The van der Waals surface area contributed by atoms with Crippen LogP contribution in [-0.2, 0) is 6.54 Å². The highest BCUT2D eigenvalue weighted by Gasteiger charge is 2.13. The van der Waals surface area contributed by atoms with E-state index in [-0.39, 0.29) is 0 Å². The first-order chi connectivity index (χ1) is 9.83. The van der Waals surface area contributed by atoms with Gasteiger partial charge in [-0.25, -0.2) is 10.4 Å². The molecule has 5 nitrogen and oxygen atoms in total. The Balaban J connectivity index is 1.63. The second kappa shape index (κ2) is 6.47. The molecule has 0 atom stereocenters. The summed E-state index contributed by atoms with van der Waals surface area (Å²) < 4.78 is 6.66. The van der Waals surface area contributed by atoms with Crippen molar-refractivity contribution in [2.75, 3.05) is 13.1 Å². The van der Waals surface area contributed by atoms with E-state index in [1.807, 2.05) is 24.3 Å². The summed E-state index contributed by atoms with van der Waals surface area (Å²) in [4.78, 5) is 0. The van der Waals surface area contributed by atoms with Gasteiger partial charge in [-0.1, -0.05) is 18.6 Å². The summed E-state index contributed by atoms with van der Waals surface area (Å²) in [6.45, 7) is 2.76. The van der Waals surface area contributed by atoms with Crippen LogP contribution < -0.4 is 5.43 Å². The Bertz CT molecular complexity index is 566. The number of hydrogen-bond acceptors (Lipinski definition) is 5. The van der Waals surface area contributed by atoms with E-state index in [1.165, 1.54) is 19.3 Å². The number of hydrogen-bond donors (Lipinski definition) is 1. The number of rotatable bonds is 4. The lowest BCUT2D eigenvalue weighted by atomic mass is 10.2. The third-order valence-electron chi connectivity index (χ3n) is 3.38. The molecule has 0 saturated carbocycles. The second-order valence-corrected chi connectivity index (χ2v) is 5.72. The zero-order valence-electron chi connectivity index (χ0n) is 11.2. The van der Waals surface area contributed by atoms with E-state index in [9.17, 15) is 0 Å². The molecule has 0 bridgehead atoms. The zero-order chi connectivity index (χ0) is 13.8. The Morgan fingerprint density at radius 2 is 1.95 bits per heavy atom. The van der Waals surface area contributed by atoms with Crippen LogP contribution in [0.25, 0.3) is 11.5 Å². The van der Waals surface area contributed by atoms with E-state index in [1.54, 1.807) is 0 Å². The Hall–Kier alpha value is -1.24. The monoisotopic (exact) mass is 336 g/mol. The van der Waals surface area contributed by atoms with Crippen molar-refractivity contribution in [1.29, 1.82) is 0 Å². The molecule has 0 radical (unpaired) electrons. The molecule has 2 aromatic rings. The van der Waals surface area contributed by atoms with Gasteiger partial charge < -0.3 is 4.42 Å². The van der Waals surface area contributed by atoms with Crippen molar-refractivity contribution in [1.82, 2.24) is 20.6 Å². The van der Waals surface area contributed by atoms with Crippen molar-refractivity contribution < 1.29 is 4.42 Å². The van der Waals surface area contributed by atoms with E-state index in [4.69, 9.17) is 4.42 Å². The largest absolute Gasteiger partial charge is 0.419 e. The summed E-state index contributed by atoms with van der Waals surface area (Å²) in [7, 11) is 0. The quantitative estimate of drug-likeness (QED) is 0.930. The maximum Gasteiger partial charge on any atom is 0.248 e. The third kappa shape index (κ3) is 3.26. The van der Waals surface area contributed by atoms with Crippen LogP contribution in [-0.4, -0.2) is 28.3 Å². The van der Waals surface area contributed by atoms with Gasteiger partial charge in [-0.3, -0.25) is 0 Å². The van der Waals surface area contributed by atoms with E-state index in [0.717, 1.165) is 23.1 Å². The molecule has 0 unspecified atom stereocenters. The topological polar surface area (TPSA) is 54.2 Å². The molecule has 1 N–H and O–H groups in total. The smallest absolute Gasteiger partial charge is 0.248 e. The maximum atomic E-state index is 5.70. The molecule has 1 aliphatic heterocycles. The molecule has 1 saturated heterocycles. The lowest BCUT2D eigenvalue weighted by Gasteiger charge is -2.26. The van der Waals surface area contributed by atoms with Crippen LogP contribution in [0, 0.1) is 0 Å². The van der Waals surface area contributed by atoms with E-state index < -0.39 is 0 Å². The van der Waals surface area contributed by atoms with E-state index in [2.05, 4.69) is 36.6 Å². The maximum absolute atomic E-state index is 5.70. The lowest BCUT2D eigenvalue weighted by molar-refractivity contribution is 0.145. The number of piperidine rings is 1. The Kier molecular flexibility index (Phi) is 4.44. The van der Waals surface area contributed by atoms with Crippen molar-refractivity contribution in [2.45, 2.75) is 25.8 Å². The predicted molar refractivity (Wildman–Crippen MR) is 79.7 cm³/mol. The molecular formula is C14H17BrN4O. The number of benzene rings is 1. The van der Waals surface area contributed by atoms with Gasteiger partial charge in [-0.2, -0.15) is 0 Å². The zero-order valence-corrected chi connectivity index (χ0v) is 12.8. The summed E-state index contributed by atoms with van der Waals surface area (Å²) in [5, 5.41) is 10.4. The SMILES string of the molecule is Brc1ccccc1-c1nnc(CNN2CCCCC2)o1. The highest BCUT2D eigenvalue weighted by molar-refractivity contribution is 9.10. The average Bonchev–Trinajstić information content (AvgIpc) is 2.95. The molecule has 1 aromatic carbocycles. The Morgan fingerprint density at radius 1 is 1.15 bits per heavy atom. The second-order valence-electron chi connectivity index (χ2n) is 4.86. The lowest BCUT2D eigenvalue weighted by Crippen LogP contribution is -2.41. The van der Waals surface area contributed by atoms with E-state index in [0.29, 0.717) is 18.3 Å². The van der Waals surface area contributed by atoms with Crippen molar-refractivity contribution in [3.05, 3.63) is 34.6 Å². The van der Waals surface area contributed by atoms with Gasteiger partial charge in [-0.15, -0.1) is 10.2 Å². The standard InChI is InChI=1S/C14H17BrN4O/c15-12-7-3-2-6-11(12)14-18-17-13(20-14)10-16-19-8-4-1-5-9-19/h2-3,6-7,16H,1,4-5,8-10H2. The molecule has 1 fully saturated rings. The Labute approximate surface area is 126 Å². The number of nitrogens with zero attached hydrogens (tertiary/aromatic N) is 3. The minimum Gasteiger partial charge on any atom is -0.419 e. The molecule has 20 heavy (non-hydrogen) atoms. The van der Waals surface area contributed by atoms with Crippen LogP contribution in [0.5, 0.6) is 0 Å². The summed E-state index contributed by atoms with van der Waals surface area (Å²) in [5.74, 6) is 1.16. The molecule has 6 heteroatoms. The first kappa shape index (κ1) is 13.7. The van der Waals surface area contributed by atoms with Crippen LogP contribution >= 0.6 is 15.9 Å². The molecule has 1 aromatic heterocycles. The van der Waals surface area contributed by atoms with Gasteiger partial charge in [0.05, 0.1) is 12.1 Å². The van der Waals surface area contributed by atoms with Crippen molar-refractivity contribution in [3.63, 3.8) is 0 Å². The number of nitrogens with one attached hydrogen (secondary N) is 1. The fourth-order valence-corrected chi connectivity index (χ4v) is 2.75. The molecule has 0 amide bonds. The van der Waals surface area contributed by atoms with Gasteiger partial charge in [0, 0.05) is 17.6 Å². The highest BCUT2D eigenvalue weighted by Crippen LogP contribution is 2.26. The van der Waals surface area contributed by atoms with Crippen LogP contribution in [0.4, 0.5) is 0 Å². The minimum absolute atomic E-state index is 0.549. The predicted octanol–water partition coefficient (Wildman–Crippen LogP) is 2.99. The summed E-state index contributed by atoms with van der Waals surface area (Å²) >= 11 is 3.49. The molecular weight excluding hydrogens is 320 g/mol. The minimum atomic E-state index is 0.549. The van der Waals surface area contributed by atoms with Crippen LogP contribution in [0.3, 0.4) is 0 Å². The van der Waals surface area contributed by atoms with Crippen molar-refractivity contribution >= 4 is 15.9 Å². The number of hydrazine groups is 1. The summed E-state index contributed by atoms with van der Waals surface area (Å²) in [6, 6.07) is 7.84. The van der Waals surface area contributed by atoms with Crippen LogP contribution in [0.1, 0.15) is 25.2 Å². The molecule has 2 heterocycles. The average molecular weight is 337 g/mol. The van der Waals surface area contributed by atoms with Gasteiger partial charge in [0.25, 0.3) is 0 Å². The van der Waals surface area contributed by atoms with Gasteiger partial charge in [-0.05, 0) is 40.9 Å². The summed E-state index contributed by atoms with van der Waals surface area (Å²) in [5.41, 5.74) is 4.26. The van der Waals surface area contributed by atoms with Crippen molar-refractivity contribution in [2.24, 2.45) is 0 Å². The highest BCUT2D eigenvalue weighted by atomic mass is 79.9. The van der Waals surface area contributed by atoms with Crippen LogP contribution in [0.2, 0.25) is 0 Å². The summed E-state index contributed by atoms with van der Waals surface area (Å²) in [6.07, 6.45) is 3.82. The fourth-order valence-electron chi connectivity index (χ4n) is 2.30. The molecule has 106 valence electrons. The van der Waals surface area contributed by atoms with Gasteiger partial charge >= 0.3 is 0 Å². The number of halogens is 1. The molecule has 3 rings (SSSR count). The first-order valence-corrected chi connectivity index (χ1v) is 7.68. The molecule has 0 aliphatic carbocycles. The van der Waals surface area contributed by atoms with Gasteiger partial charge in [0.15, 0.2) is 0 Å². The van der Waals surface area contributed by atoms with Crippen molar-refractivity contribution in [3.8, 4) is 11.5 Å². The number of aromatic nitrogens is 2. The first-order valence-electron chi connectivity index (χ1n) is 6.88. The molecule has 1 aliphatic rings. The third-order valence-corrected chi connectivity index (χ3v) is 4.07.